The number of methoxy groups -OCH3 is 1. The number of halogens is 1. The number of hydrogen-bond acceptors (Lipinski definition) is 8. The van der Waals surface area contributed by atoms with Gasteiger partial charge in [-0.15, -0.1) is 10.2 Å². The molecule has 0 saturated carbocycles. The van der Waals surface area contributed by atoms with Gasteiger partial charge in [-0.2, -0.15) is 4.90 Å². The van der Waals surface area contributed by atoms with Gasteiger partial charge in [-0.3, -0.25) is 4.79 Å². The number of imide groups is 1. The molecule has 0 bridgehead atoms. The van der Waals surface area contributed by atoms with Crippen molar-refractivity contribution in [1.29, 1.82) is 0 Å². The molecule has 1 heterocycles. The highest BCUT2D eigenvalue weighted by Gasteiger charge is 2.37. The molecule has 10 heteroatoms. The molecule has 144 valence electrons. The Hall–Kier alpha value is -2.42. The molecule has 0 radical (unpaired) electrons. The summed E-state index contributed by atoms with van der Waals surface area (Å²) in [6.45, 7) is 9.71. The molecule has 0 aliphatic heterocycles. The third-order valence-corrected chi connectivity index (χ3v) is 2.87. The average molecular weight is 388 g/mol. The smallest absolute Gasteiger partial charge is 0.424 e. The zero-order chi connectivity index (χ0) is 20.3. The zero-order valence-corrected chi connectivity index (χ0v) is 16.5. The predicted octanol–water partition coefficient (Wildman–Crippen LogP) is 3.63. The molecule has 1 aromatic rings. The van der Waals surface area contributed by atoms with Gasteiger partial charge in [-0.1, -0.05) is 11.6 Å². The topological polar surface area (TPSA) is 108 Å². The summed E-state index contributed by atoms with van der Waals surface area (Å²) in [4.78, 5) is 37.4. The highest BCUT2D eigenvalue weighted by molar-refractivity contribution is 6.33. The molecule has 0 saturated heterocycles. The number of aldehydes is 1. The lowest BCUT2D eigenvalue weighted by molar-refractivity contribution is 0.0429. The minimum absolute atomic E-state index is 0.268. The van der Waals surface area contributed by atoms with Gasteiger partial charge in [0, 0.05) is 0 Å². The lowest BCUT2D eigenvalue weighted by Crippen LogP contribution is -2.44. The van der Waals surface area contributed by atoms with E-state index in [4.69, 9.17) is 25.8 Å². The van der Waals surface area contributed by atoms with Crippen molar-refractivity contribution >= 4 is 35.8 Å². The van der Waals surface area contributed by atoms with Crippen LogP contribution in [-0.2, 0) is 9.47 Å². The Bertz CT molecular complexity index is 681. The number of nitrogens with zero attached hydrogens (tertiary/aromatic N) is 3. The fourth-order valence-electron chi connectivity index (χ4n) is 1.73. The van der Waals surface area contributed by atoms with Crippen LogP contribution in [0.15, 0.2) is 0 Å². The van der Waals surface area contributed by atoms with Crippen LogP contribution >= 0.6 is 11.6 Å². The first kappa shape index (κ1) is 21.6. The first-order valence-electron chi connectivity index (χ1n) is 7.62. The maximum Gasteiger partial charge on any atom is 0.424 e. The molecule has 0 atom stereocenters. The Labute approximate surface area is 156 Å². The number of carbonyl (C=O) groups excluding carboxylic acids is 3. The maximum atomic E-state index is 12.7. The van der Waals surface area contributed by atoms with Gasteiger partial charge < -0.3 is 14.2 Å². The number of aromatic nitrogens is 2. The van der Waals surface area contributed by atoms with Crippen LogP contribution in [0.1, 0.15) is 51.9 Å². The molecule has 1 rings (SSSR count). The molecule has 26 heavy (non-hydrogen) atoms. The summed E-state index contributed by atoms with van der Waals surface area (Å²) in [5.74, 6) is -0.270. The molecule has 0 aliphatic rings. The quantitative estimate of drug-likeness (QED) is 0.723. The SMILES string of the molecule is COc1nnc(Cl)c(C=O)c1N(C(=O)OC(C)(C)C)C(=O)OC(C)(C)C. The standard InChI is InChI=1S/C16H22ClN3O6/c1-15(2,3)25-13(22)20(14(23)26-16(4,5)6)10-9(8-21)11(17)18-19-12(10)24-7/h8H,1-7H3. The van der Waals surface area contributed by atoms with Crippen molar-refractivity contribution in [3.8, 4) is 5.88 Å². The molecular weight excluding hydrogens is 366 g/mol. The van der Waals surface area contributed by atoms with Crippen molar-refractivity contribution in [2.24, 2.45) is 0 Å². The second-order valence-electron chi connectivity index (χ2n) is 7.18. The van der Waals surface area contributed by atoms with E-state index in [-0.39, 0.29) is 22.3 Å². The molecule has 1 aromatic heterocycles. The van der Waals surface area contributed by atoms with Crippen LogP contribution in [-0.4, -0.2) is 47.0 Å². The summed E-state index contributed by atoms with van der Waals surface area (Å²) >= 11 is 5.89. The van der Waals surface area contributed by atoms with Gasteiger partial charge in [0.15, 0.2) is 11.4 Å². The molecule has 9 nitrogen and oxygen atoms in total. The molecule has 0 unspecified atom stereocenters. The lowest BCUT2D eigenvalue weighted by Gasteiger charge is -2.29. The Morgan fingerprint density at radius 1 is 1.00 bits per heavy atom. The van der Waals surface area contributed by atoms with Gasteiger partial charge >= 0.3 is 12.2 Å². The fraction of sp³-hybridized carbons (Fsp3) is 0.562. The van der Waals surface area contributed by atoms with Gasteiger partial charge in [-0.05, 0) is 41.5 Å². The number of anilines is 1. The fourth-order valence-corrected chi connectivity index (χ4v) is 1.91. The highest BCUT2D eigenvalue weighted by atomic mass is 35.5. The van der Waals surface area contributed by atoms with Crippen LogP contribution < -0.4 is 9.64 Å². The van der Waals surface area contributed by atoms with E-state index >= 15 is 0 Å². The maximum absolute atomic E-state index is 12.7. The summed E-state index contributed by atoms with van der Waals surface area (Å²) in [7, 11) is 1.23. The number of hydrogen-bond donors (Lipinski definition) is 0. The van der Waals surface area contributed by atoms with Crippen molar-refractivity contribution in [2.75, 3.05) is 12.0 Å². The minimum atomic E-state index is -1.09. The van der Waals surface area contributed by atoms with E-state index < -0.39 is 23.4 Å². The van der Waals surface area contributed by atoms with Gasteiger partial charge in [0.25, 0.3) is 5.88 Å². The normalized spacial score (nSPS) is 11.5. The van der Waals surface area contributed by atoms with Crippen molar-refractivity contribution in [3.05, 3.63) is 10.7 Å². The Morgan fingerprint density at radius 2 is 1.46 bits per heavy atom. The van der Waals surface area contributed by atoms with E-state index in [1.807, 2.05) is 0 Å². The molecule has 0 aromatic carbocycles. The van der Waals surface area contributed by atoms with Crippen molar-refractivity contribution < 1.29 is 28.6 Å². The predicted molar refractivity (Wildman–Crippen MR) is 93.9 cm³/mol. The average Bonchev–Trinajstić information content (AvgIpc) is 2.44. The zero-order valence-electron chi connectivity index (χ0n) is 15.7. The highest BCUT2D eigenvalue weighted by Crippen LogP contribution is 2.34. The second-order valence-corrected chi connectivity index (χ2v) is 7.53. The first-order chi connectivity index (χ1) is 11.8. The largest absolute Gasteiger partial charge is 0.478 e. The minimum Gasteiger partial charge on any atom is -0.478 e. The monoisotopic (exact) mass is 387 g/mol. The second kappa shape index (κ2) is 7.86. The third kappa shape index (κ3) is 5.55. The summed E-state index contributed by atoms with van der Waals surface area (Å²) in [5.41, 5.74) is -2.42. The summed E-state index contributed by atoms with van der Waals surface area (Å²) in [5, 5.41) is 6.91. The Morgan fingerprint density at radius 3 is 1.81 bits per heavy atom. The molecule has 0 spiro atoms. The van der Waals surface area contributed by atoms with Crippen LogP contribution in [0.25, 0.3) is 0 Å². The number of amides is 2. The third-order valence-electron chi connectivity index (χ3n) is 2.60. The van der Waals surface area contributed by atoms with Crippen LogP contribution in [0.4, 0.5) is 15.3 Å². The van der Waals surface area contributed by atoms with Crippen LogP contribution in [0, 0.1) is 0 Å². The number of rotatable bonds is 3. The van der Waals surface area contributed by atoms with E-state index in [1.54, 1.807) is 41.5 Å². The summed E-state index contributed by atoms with van der Waals surface area (Å²) in [6.07, 6.45) is -1.84. The first-order valence-corrected chi connectivity index (χ1v) is 8.00. The summed E-state index contributed by atoms with van der Waals surface area (Å²) < 4.78 is 15.5. The number of carbonyl (C=O) groups is 3. The van der Waals surface area contributed by atoms with E-state index in [2.05, 4.69) is 10.2 Å². The Balaban J connectivity index is 3.60. The van der Waals surface area contributed by atoms with E-state index in [0.29, 0.717) is 11.2 Å². The molecular formula is C16H22ClN3O6. The van der Waals surface area contributed by atoms with Crippen molar-refractivity contribution in [1.82, 2.24) is 10.2 Å². The number of ether oxygens (including phenoxy) is 3. The van der Waals surface area contributed by atoms with Crippen LogP contribution in [0.2, 0.25) is 5.15 Å². The van der Waals surface area contributed by atoms with E-state index in [9.17, 15) is 14.4 Å². The molecule has 0 N–H and O–H groups in total. The van der Waals surface area contributed by atoms with Gasteiger partial charge in [0.2, 0.25) is 0 Å². The van der Waals surface area contributed by atoms with Gasteiger partial charge in [0.1, 0.15) is 16.9 Å². The van der Waals surface area contributed by atoms with E-state index in [1.165, 1.54) is 7.11 Å². The lowest BCUT2D eigenvalue weighted by atomic mass is 10.2. The molecule has 2 amide bonds. The van der Waals surface area contributed by atoms with Crippen molar-refractivity contribution in [2.45, 2.75) is 52.7 Å². The summed E-state index contributed by atoms with van der Waals surface area (Å²) in [6, 6.07) is 0. The molecule has 0 fully saturated rings. The van der Waals surface area contributed by atoms with Crippen molar-refractivity contribution in [3.63, 3.8) is 0 Å². The van der Waals surface area contributed by atoms with E-state index in [0.717, 1.165) is 0 Å². The molecule has 0 aliphatic carbocycles. The van der Waals surface area contributed by atoms with Crippen LogP contribution in [0.5, 0.6) is 5.88 Å². The van der Waals surface area contributed by atoms with Gasteiger partial charge in [0.05, 0.1) is 12.7 Å². The Kier molecular flexibility index (Phi) is 6.54. The van der Waals surface area contributed by atoms with Crippen LogP contribution in [0.3, 0.4) is 0 Å². The van der Waals surface area contributed by atoms with Gasteiger partial charge in [-0.25, -0.2) is 9.59 Å².